The Labute approximate surface area is 104 Å². The van der Waals surface area contributed by atoms with E-state index in [2.05, 4.69) is 0 Å². The number of carboxylic acid groups (broad SMARTS) is 1. The number of carbonyl (C=O) groups excluding carboxylic acids is 1. The van der Waals surface area contributed by atoms with Gasteiger partial charge in [-0.15, -0.1) is 0 Å². The van der Waals surface area contributed by atoms with Crippen molar-refractivity contribution in [3.05, 3.63) is 35.1 Å². The van der Waals surface area contributed by atoms with Crippen LogP contribution in [0.5, 0.6) is 0 Å². The lowest BCUT2D eigenvalue weighted by molar-refractivity contribution is -0.121. The molecule has 2 rings (SSSR count). The smallest absolute Gasteiger partial charge is 0.335 e. The molecule has 4 nitrogen and oxygen atoms in total. The summed E-state index contributed by atoms with van der Waals surface area (Å²) in [5.74, 6) is -1.24. The Morgan fingerprint density at radius 3 is 2.61 bits per heavy atom. The highest BCUT2D eigenvalue weighted by Gasteiger charge is 2.18. The molecule has 1 N–H and O–H groups in total. The van der Waals surface area contributed by atoms with Crippen LogP contribution in [0, 0.1) is 5.82 Å². The second kappa shape index (κ2) is 5.27. The Morgan fingerprint density at radius 1 is 1.33 bits per heavy atom. The molecule has 0 saturated carbocycles. The zero-order chi connectivity index (χ0) is 13.1. The molecule has 1 fully saturated rings. The Morgan fingerprint density at radius 2 is 2.00 bits per heavy atom. The van der Waals surface area contributed by atoms with Crippen LogP contribution in [-0.2, 0) is 11.3 Å². The molecule has 0 atom stereocenters. The predicted molar refractivity (Wildman–Crippen MR) is 62.9 cm³/mol. The normalized spacial score (nSPS) is 16.8. The number of benzene rings is 1. The molecule has 0 amide bonds. The van der Waals surface area contributed by atoms with Crippen LogP contribution < -0.4 is 0 Å². The molecule has 1 aliphatic rings. The topological polar surface area (TPSA) is 57.6 Å². The van der Waals surface area contributed by atoms with E-state index in [1.165, 1.54) is 18.2 Å². The number of carbonyl (C=O) groups is 2. The quantitative estimate of drug-likeness (QED) is 0.888. The van der Waals surface area contributed by atoms with E-state index in [9.17, 15) is 14.0 Å². The molecule has 96 valence electrons. The van der Waals surface area contributed by atoms with E-state index in [0.29, 0.717) is 38.0 Å². The minimum absolute atomic E-state index is 0.0829. The summed E-state index contributed by atoms with van der Waals surface area (Å²) in [5.41, 5.74) is 0.448. The predicted octanol–water partition coefficient (Wildman–Crippen LogP) is 1.69. The van der Waals surface area contributed by atoms with Gasteiger partial charge in [0.25, 0.3) is 0 Å². The van der Waals surface area contributed by atoms with Gasteiger partial charge in [0.2, 0.25) is 0 Å². The number of nitrogens with zero attached hydrogens (tertiary/aromatic N) is 1. The van der Waals surface area contributed by atoms with Crippen LogP contribution in [-0.4, -0.2) is 34.8 Å². The van der Waals surface area contributed by atoms with Gasteiger partial charge in [-0.3, -0.25) is 9.69 Å². The molecule has 18 heavy (non-hydrogen) atoms. The summed E-state index contributed by atoms with van der Waals surface area (Å²) in [6.45, 7) is 1.56. The minimum Gasteiger partial charge on any atom is -0.478 e. The van der Waals surface area contributed by atoms with Crippen LogP contribution in [0.4, 0.5) is 4.39 Å². The molecule has 0 unspecified atom stereocenters. The third-order valence-electron chi connectivity index (χ3n) is 3.10. The van der Waals surface area contributed by atoms with Crippen molar-refractivity contribution >= 4 is 11.8 Å². The summed E-state index contributed by atoms with van der Waals surface area (Å²) in [4.78, 5) is 23.9. The van der Waals surface area contributed by atoms with Gasteiger partial charge in [0.05, 0.1) is 5.56 Å². The van der Waals surface area contributed by atoms with Crippen LogP contribution >= 0.6 is 0 Å². The third kappa shape index (κ3) is 2.92. The van der Waals surface area contributed by atoms with Crippen molar-refractivity contribution < 1.29 is 19.1 Å². The lowest BCUT2D eigenvalue weighted by Gasteiger charge is -2.25. The van der Waals surface area contributed by atoms with Gasteiger partial charge in [-0.1, -0.05) is 0 Å². The zero-order valence-corrected chi connectivity index (χ0v) is 9.86. The molecule has 1 aliphatic heterocycles. The fourth-order valence-corrected chi connectivity index (χ4v) is 2.03. The maximum absolute atomic E-state index is 13.6. The van der Waals surface area contributed by atoms with Crippen molar-refractivity contribution in [2.24, 2.45) is 0 Å². The van der Waals surface area contributed by atoms with Gasteiger partial charge in [-0.2, -0.15) is 0 Å². The number of hydrogen-bond donors (Lipinski definition) is 1. The summed E-state index contributed by atoms with van der Waals surface area (Å²) < 4.78 is 13.6. The fourth-order valence-electron chi connectivity index (χ4n) is 2.03. The van der Waals surface area contributed by atoms with E-state index < -0.39 is 11.8 Å². The molecule has 1 heterocycles. The van der Waals surface area contributed by atoms with Crippen LogP contribution in [0.2, 0.25) is 0 Å². The molecule has 5 heteroatoms. The lowest BCUT2D eigenvalue weighted by Crippen LogP contribution is -2.33. The molecular formula is C13H14FNO3. The van der Waals surface area contributed by atoms with Crippen LogP contribution in [0.25, 0.3) is 0 Å². The Bertz CT molecular complexity index is 477. The number of carboxylic acids is 1. The number of halogens is 1. The van der Waals surface area contributed by atoms with E-state index in [1.807, 2.05) is 4.90 Å². The molecule has 0 aliphatic carbocycles. The van der Waals surface area contributed by atoms with E-state index in [0.717, 1.165) is 0 Å². The number of rotatable bonds is 3. The van der Waals surface area contributed by atoms with Gasteiger partial charge in [0.15, 0.2) is 0 Å². The highest BCUT2D eigenvalue weighted by molar-refractivity contribution is 5.87. The molecule has 1 aromatic rings. The van der Waals surface area contributed by atoms with Crippen molar-refractivity contribution in [2.45, 2.75) is 19.4 Å². The molecule has 0 spiro atoms. The zero-order valence-electron chi connectivity index (χ0n) is 9.86. The van der Waals surface area contributed by atoms with Gasteiger partial charge >= 0.3 is 5.97 Å². The van der Waals surface area contributed by atoms with E-state index in [4.69, 9.17) is 5.11 Å². The van der Waals surface area contributed by atoms with E-state index in [1.54, 1.807) is 0 Å². The Kier molecular flexibility index (Phi) is 3.72. The van der Waals surface area contributed by atoms with Crippen molar-refractivity contribution in [1.29, 1.82) is 0 Å². The van der Waals surface area contributed by atoms with Crippen molar-refractivity contribution in [3.63, 3.8) is 0 Å². The second-order valence-corrected chi connectivity index (χ2v) is 4.43. The van der Waals surface area contributed by atoms with Crippen molar-refractivity contribution in [3.8, 4) is 0 Å². The van der Waals surface area contributed by atoms with Crippen LogP contribution in [0.3, 0.4) is 0 Å². The van der Waals surface area contributed by atoms with E-state index >= 15 is 0 Å². The number of likely N-dealkylation sites (tertiary alicyclic amines) is 1. The largest absolute Gasteiger partial charge is 0.478 e. The van der Waals surface area contributed by atoms with Gasteiger partial charge in [0.1, 0.15) is 11.6 Å². The fraction of sp³-hybridized carbons (Fsp3) is 0.385. The number of aromatic carboxylic acids is 1. The van der Waals surface area contributed by atoms with Gasteiger partial charge in [-0.05, 0) is 18.2 Å². The summed E-state index contributed by atoms with van der Waals surface area (Å²) in [7, 11) is 0. The monoisotopic (exact) mass is 251 g/mol. The molecular weight excluding hydrogens is 237 g/mol. The van der Waals surface area contributed by atoms with Gasteiger partial charge in [0, 0.05) is 38.0 Å². The number of Topliss-reactive ketones (excluding diaryl/α,β-unsaturated/α-hetero) is 1. The first-order valence-corrected chi connectivity index (χ1v) is 5.82. The summed E-state index contributed by atoms with van der Waals surface area (Å²) in [6, 6.07) is 3.78. The Balaban J connectivity index is 2.10. The molecule has 0 radical (unpaired) electrons. The number of piperidine rings is 1. The molecule has 0 aromatic heterocycles. The standard InChI is InChI=1S/C13H14FNO3/c14-12-2-1-9(13(17)18)7-10(12)8-15-5-3-11(16)4-6-15/h1-2,7H,3-6,8H2,(H,17,18). The maximum Gasteiger partial charge on any atom is 0.335 e. The second-order valence-electron chi connectivity index (χ2n) is 4.43. The average molecular weight is 251 g/mol. The van der Waals surface area contributed by atoms with Crippen LogP contribution in [0.15, 0.2) is 18.2 Å². The van der Waals surface area contributed by atoms with Gasteiger partial charge < -0.3 is 5.11 Å². The highest BCUT2D eigenvalue weighted by atomic mass is 19.1. The summed E-state index contributed by atoms with van der Waals surface area (Å²) in [6.07, 6.45) is 0.973. The average Bonchev–Trinajstić information content (AvgIpc) is 2.34. The number of ketones is 1. The first-order chi connectivity index (χ1) is 8.56. The minimum atomic E-state index is -1.06. The summed E-state index contributed by atoms with van der Waals surface area (Å²) >= 11 is 0. The van der Waals surface area contributed by atoms with Gasteiger partial charge in [-0.25, -0.2) is 9.18 Å². The third-order valence-corrected chi connectivity index (χ3v) is 3.10. The maximum atomic E-state index is 13.6. The van der Waals surface area contributed by atoms with Crippen molar-refractivity contribution in [1.82, 2.24) is 4.90 Å². The molecule has 1 saturated heterocycles. The van der Waals surface area contributed by atoms with Crippen LogP contribution in [0.1, 0.15) is 28.8 Å². The Hall–Kier alpha value is -1.75. The SMILES string of the molecule is O=C1CCN(Cc2cc(C(=O)O)ccc2F)CC1. The number of hydrogen-bond acceptors (Lipinski definition) is 3. The lowest BCUT2D eigenvalue weighted by atomic mass is 10.1. The van der Waals surface area contributed by atoms with Crippen molar-refractivity contribution in [2.75, 3.05) is 13.1 Å². The van der Waals surface area contributed by atoms with E-state index in [-0.39, 0.29) is 11.3 Å². The summed E-state index contributed by atoms with van der Waals surface area (Å²) in [5, 5.41) is 8.86. The molecule has 0 bridgehead atoms. The first-order valence-electron chi connectivity index (χ1n) is 5.82. The highest BCUT2D eigenvalue weighted by Crippen LogP contribution is 2.16. The molecule has 1 aromatic carbocycles. The first kappa shape index (κ1) is 12.7.